The third kappa shape index (κ3) is 2.81. The maximum atomic E-state index is 12.2. The predicted octanol–water partition coefficient (Wildman–Crippen LogP) is 2.95. The molecule has 2 aliphatic rings. The van der Waals surface area contributed by atoms with Crippen LogP contribution in [0.25, 0.3) is 0 Å². The average Bonchev–Trinajstić information content (AvgIpc) is 3.05. The van der Waals surface area contributed by atoms with Crippen molar-refractivity contribution in [2.75, 3.05) is 7.11 Å². The third-order valence-corrected chi connectivity index (χ3v) is 3.84. The van der Waals surface area contributed by atoms with Crippen LogP contribution in [0.2, 0.25) is 0 Å². The molecule has 2 nitrogen and oxygen atoms in total. The molecule has 0 aliphatic heterocycles. The van der Waals surface area contributed by atoms with E-state index in [0.29, 0.717) is 17.6 Å². The van der Waals surface area contributed by atoms with Gasteiger partial charge in [-0.3, -0.25) is 4.79 Å². The number of carbonyl (C=O) groups excluding carboxylic acids is 1. The molecule has 15 heavy (non-hydrogen) atoms. The van der Waals surface area contributed by atoms with Gasteiger partial charge in [-0.05, 0) is 31.6 Å². The number of rotatable bonds is 4. The fourth-order valence-corrected chi connectivity index (χ4v) is 2.74. The summed E-state index contributed by atoms with van der Waals surface area (Å²) in [6.07, 6.45) is 9.60. The van der Waals surface area contributed by atoms with E-state index >= 15 is 0 Å². The van der Waals surface area contributed by atoms with E-state index in [9.17, 15) is 4.79 Å². The van der Waals surface area contributed by atoms with Crippen LogP contribution in [0, 0.1) is 11.8 Å². The second kappa shape index (κ2) is 5.11. The van der Waals surface area contributed by atoms with Crippen molar-refractivity contribution in [3.05, 3.63) is 0 Å². The Morgan fingerprint density at radius 2 is 1.67 bits per heavy atom. The Labute approximate surface area is 92.4 Å². The summed E-state index contributed by atoms with van der Waals surface area (Å²) in [5.74, 6) is 1.26. The van der Waals surface area contributed by atoms with Crippen LogP contribution in [-0.4, -0.2) is 19.0 Å². The van der Waals surface area contributed by atoms with Gasteiger partial charge in [0.05, 0.1) is 0 Å². The number of carbonyl (C=O) groups is 1. The van der Waals surface area contributed by atoms with Crippen molar-refractivity contribution in [3.63, 3.8) is 0 Å². The molecule has 0 bridgehead atoms. The molecule has 0 aromatic carbocycles. The number of Topliss-reactive ketones (excluding diaryl/α,β-unsaturated/α-hetero) is 1. The number of ether oxygens (including phenoxy) is 1. The molecule has 2 fully saturated rings. The molecule has 2 rings (SSSR count). The van der Waals surface area contributed by atoms with Gasteiger partial charge >= 0.3 is 0 Å². The summed E-state index contributed by atoms with van der Waals surface area (Å²) in [4.78, 5) is 12.2. The topological polar surface area (TPSA) is 26.3 Å². The Morgan fingerprint density at radius 1 is 1.07 bits per heavy atom. The Kier molecular flexibility index (Phi) is 3.79. The van der Waals surface area contributed by atoms with Crippen LogP contribution in [0.4, 0.5) is 0 Å². The maximum Gasteiger partial charge on any atom is 0.164 e. The van der Waals surface area contributed by atoms with E-state index in [4.69, 9.17) is 4.74 Å². The van der Waals surface area contributed by atoms with Gasteiger partial charge in [0, 0.05) is 13.0 Å². The molecular weight excluding hydrogens is 188 g/mol. The fraction of sp³-hybridized carbons (Fsp3) is 0.923. The van der Waals surface area contributed by atoms with E-state index < -0.39 is 0 Å². The molecule has 0 N–H and O–H groups in total. The summed E-state index contributed by atoms with van der Waals surface area (Å²) in [5, 5.41) is 0. The number of methoxy groups -OCH3 is 1. The van der Waals surface area contributed by atoms with Crippen LogP contribution in [0.5, 0.6) is 0 Å². The minimum atomic E-state index is -0.0758. The molecule has 2 saturated carbocycles. The Balaban J connectivity index is 1.91. The first-order chi connectivity index (χ1) is 7.33. The summed E-state index contributed by atoms with van der Waals surface area (Å²) in [5.41, 5.74) is 0. The molecule has 0 aromatic rings. The van der Waals surface area contributed by atoms with Gasteiger partial charge in [0.1, 0.15) is 6.10 Å². The molecule has 0 heterocycles. The zero-order chi connectivity index (χ0) is 10.7. The Bertz CT molecular complexity index is 213. The van der Waals surface area contributed by atoms with E-state index in [-0.39, 0.29) is 6.10 Å². The van der Waals surface area contributed by atoms with E-state index in [1.165, 1.54) is 38.5 Å². The summed E-state index contributed by atoms with van der Waals surface area (Å²) in [7, 11) is 1.69. The molecule has 0 amide bonds. The van der Waals surface area contributed by atoms with Crippen molar-refractivity contribution >= 4 is 5.78 Å². The number of hydrogen-bond donors (Lipinski definition) is 0. The molecule has 0 aromatic heterocycles. The lowest BCUT2D eigenvalue weighted by atomic mass is 9.90. The second-order valence-electron chi connectivity index (χ2n) is 5.08. The smallest absolute Gasteiger partial charge is 0.164 e. The van der Waals surface area contributed by atoms with Crippen molar-refractivity contribution in [2.45, 2.75) is 57.5 Å². The van der Waals surface area contributed by atoms with E-state index in [1.54, 1.807) is 7.11 Å². The zero-order valence-electron chi connectivity index (χ0n) is 9.71. The van der Waals surface area contributed by atoms with Crippen molar-refractivity contribution in [3.8, 4) is 0 Å². The van der Waals surface area contributed by atoms with Gasteiger partial charge in [0.2, 0.25) is 0 Å². The number of hydrogen-bond acceptors (Lipinski definition) is 2. The van der Waals surface area contributed by atoms with Crippen LogP contribution in [0.15, 0.2) is 0 Å². The SMILES string of the molecule is COC(C(=O)C1CCCCCC1)C1CC1. The second-order valence-corrected chi connectivity index (χ2v) is 5.08. The highest BCUT2D eigenvalue weighted by Crippen LogP contribution is 2.37. The minimum absolute atomic E-state index is 0.0758. The first kappa shape index (κ1) is 11.1. The van der Waals surface area contributed by atoms with Crippen LogP contribution in [0.3, 0.4) is 0 Å². The molecule has 1 unspecified atom stereocenters. The van der Waals surface area contributed by atoms with Gasteiger partial charge in [0.15, 0.2) is 5.78 Å². The van der Waals surface area contributed by atoms with Crippen LogP contribution >= 0.6 is 0 Å². The Morgan fingerprint density at radius 3 is 2.13 bits per heavy atom. The largest absolute Gasteiger partial charge is 0.373 e. The Hall–Kier alpha value is -0.370. The molecule has 0 spiro atoms. The van der Waals surface area contributed by atoms with Crippen molar-refractivity contribution in [1.82, 2.24) is 0 Å². The lowest BCUT2D eigenvalue weighted by Crippen LogP contribution is -2.31. The lowest BCUT2D eigenvalue weighted by molar-refractivity contribution is -0.134. The standard InChI is InChI=1S/C13H22O2/c1-15-13(11-8-9-11)12(14)10-6-4-2-3-5-7-10/h10-11,13H,2-9H2,1H3. The highest BCUT2D eigenvalue weighted by atomic mass is 16.5. The van der Waals surface area contributed by atoms with E-state index in [2.05, 4.69) is 0 Å². The van der Waals surface area contributed by atoms with Crippen molar-refractivity contribution in [2.24, 2.45) is 11.8 Å². The molecule has 1 atom stereocenters. The normalized spacial score (nSPS) is 25.9. The van der Waals surface area contributed by atoms with E-state index in [0.717, 1.165) is 12.8 Å². The lowest BCUT2D eigenvalue weighted by Gasteiger charge is -2.19. The van der Waals surface area contributed by atoms with Gasteiger partial charge < -0.3 is 4.74 Å². The van der Waals surface area contributed by atoms with Gasteiger partial charge in [-0.1, -0.05) is 25.7 Å². The van der Waals surface area contributed by atoms with E-state index in [1.807, 2.05) is 0 Å². The number of ketones is 1. The maximum absolute atomic E-state index is 12.2. The van der Waals surface area contributed by atoms with Crippen LogP contribution < -0.4 is 0 Å². The van der Waals surface area contributed by atoms with Gasteiger partial charge in [-0.2, -0.15) is 0 Å². The quantitative estimate of drug-likeness (QED) is 0.667. The highest BCUT2D eigenvalue weighted by molar-refractivity contribution is 5.86. The molecule has 0 saturated heterocycles. The molecular formula is C13H22O2. The minimum Gasteiger partial charge on any atom is -0.373 e. The molecule has 86 valence electrons. The molecule has 2 heteroatoms. The highest BCUT2D eigenvalue weighted by Gasteiger charge is 2.38. The first-order valence-corrected chi connectivity index (χ1v) is 6.39. The third-order valence-electron chi connectivity index (χ3n) is 3.84. The van der Waals surface area contributed by atoms with Gasteiger partial charge in [-0.25, -0.2) is 0 Å². The first-order valence-electron chi connectivity index (χ1n) is 6.39. The van der Waals surface area contributed by atoms with Crippen LogP contribution in [0.1, 0.15) is 51.4 Å². The fourth-order valence-electron chi connectivity index (χ4n) is 2.74. The summed E-state index contributed by atoms with van der Waals surface area (Å²) in [6.45, 7) is 0. The summed E-state index contributed by atoms with van der Waals surface area (Å²) >= 11 is 0. The zero-order valence-corrected chi connectivity index (χ0v) is 9.71. The molecule has 2 aliphatic carbocycles. The monoisotopic (exact) mass is 210 g/mol. The average molecular weight is 210 g/mol. The summed E-state index contributed by atoms with van der Waals surface area (Å²) in [6, 6.07) is 0. The van der Waals surface area contributed by atoms with Gasteiger partial charge in [0.25, 0.3) is 0 Å². The molecule has 0 radical (unpaired) electrons. The van der Waals surface area contributed by atoms with Crippen molar-refractivity contribution in [1.29, 1.82) is 0 Å². The van der Waals surface area contributed by atoms with Crippen LogP contribution in [-0.2, 0) is 9.53 Å². The summed E-state index contributed by atoms with van der Waals surface area (Å²) < 4.78 is 5.38. The predicted molar refractivity (Wildman–Crippen MR) is 59.7 cm³/mol. The van der Waals surface area contributed by atoms with Crippen molar-refractivity contribution < 1.29 is 9.53 Å². The van der Waals surface area contributed by atoms with Gasteiger partial charge in [-0.15, -0.1) is 0 Å².